The third-order valence-corrected chi connectivity index (χ3v) is 5.75. The van der Waals surface area contributed by atoms with Crippen LogP contribution in [0.4, 0.5) is 0 Å². The van der Waals surface area contributed by atoms with Crippen molar-refractivity contribution in [2.45, 2.75) is 52.2 Å². The molecule has 0 aliphatic carbocycles. The summed E-state index contributed by atoms with van der Waals surface area (Å²) in [7, 11) is 1.58. The van der Waals surface area contributed by atoms with Crippen LogP contribution in [0, 0.1) is 0 Å². The van der Waals surface area contributed by atoms with Crippen LogP contribution in [-0.2, 0) is 16.1 Å². The minimum Gasteiger partial charge on any atom is -0.497 e. The van der Waals surface area contributed by atoms with Crippen molar-refractivity contribution >= 4 is 35.0 Å². The summed E-state index contributed by atoms with van der Waals surface area (Å²) in [6.45, 7) is 5.73. The summed E-state index contributed by atoms with van der Waals surface area (Å²) in [5.41, 5.74) is 0.698. The summed E-state index contributed by atoms with van der Waals surface area (Å²) in [5, 5.41) is 3.91. The Morgan fingerprint density at radius 2 is 1.69 bits per heavy atom. The first-order valence-electron chi connectivity index (χ1n) is 10.6. The number of nitrogens with one attached hydrogen (secondary N) is 1. The zero-order chi connectivity index (χ0) is 23.7. The van der Waals surface area contributed by atoms with Crippen molar-refractivity contribution in [1.82, 2.24) is 10.2 Å². The lowest BCUT2D eigenvalue weighted by Gasteiger charge is -2.31. The van der Waals surface area contributed by atoms with Gasteiger partial charge in [-0.2, -0.15) is 0 Å². The minimum absolute atomic E-state index is 0.00294. The molecule has 2 atom stereocenters. The van der Waals surface area contributed by atoms with E-state index in [1.807, 2.05) is 20.8 Å². The van der Waals surface area contributed by atoms with Crippen LogP contribution in [0.2, 0.25) is 10.0 Å². The number of hydrogen-bond acceptors (Lipinski definition) is 4. The molecule has 2 amide bonds. The molecule has 0 bridgehead atoms. The molecule has 174 valence electrons. The first-order chi connectivity index (χ1) is 15.3. The molecule has 1 N–H and O–H groups in total. The smallest absolute Gasteiger partial charge is 0.261 e. The molecular formula is C24H30Cl2N2O4. The van der Waals surface area contributed by atoms with Gasteiger partial charge in [-0.15, -0.1) is 0 Å². The largest absolute Gasteiger partial charge is 0.497 e. The monoisotopic (exact) mass is 480 g/mol. The Bertz CT molecular complexity index is 905. The van der Waals surface area contributed by atoms with Crippen molar-refractivity contribution in [2.24, 2.45) is 0 Å². The van der Waals surface area contributed by atoms with Crippen LogP contribution in [0.5, 0.6) is 11.5 Å². The number of methoxy groups -OCH3 is 1. The summed E-state index contributed by atoms with van der Waals surface area (Å²) in [5.74, 6) is 0.693. The standard InChI is InChI=1S/C24H30Cl2N2O4/c1-5-16(3)27-24(30)22(6-2)28(14-17-7-8-18(25)13-21(17)26)23(29)15-32-20-11-9-19(31-4)10-12-20/h7-13,16,22H,5-6,14-15H2,1-4H3,(H,27,30)/t16-,22+/m0/s1. The number of benzene rings is 2. The normalized spacial score (nSPS) is 12.6. The Morgan fingerprint density at radius 1 is 1.03 bits per heavy atom. The SMILES string of the molecule is CC[C@H](C(=O)N[C@@H](C)CC)N(Cc1ccc(Cl)cc1Cl)C(=O)COc1ccc(OC)cc1. The predicted molar refractivity (Wildman–Crippen MR) is 127 cm³/mol. The van der Waals surface area contributed by atoms with Gasteiger partial charge in [0.15, 0.2) is 6.61 Å². The van der Waals surface area contributed by atoms with Crippen molar-refractivity contribution in [3.8, 4) is 11.5 Å². The van der Waals surface area contributed by atoms with Crippen LogP contribution in [0.25, 0.3) is 0 Å². The fourth-order valence-corrected chi connectivity index (χ4v) is 3.56. The van der Waals surface area contributed by atoms with Gasteiger partial charge in [0.05, 0.1) is 7.11 Å². The molecule has 0 fully saturated rings. The van der Waals surface area contributed by atoms with Gasteiger partial charge in [0.1, 0.15) is 17.5 Å². The molecule has 0 aliphatic heterocycles. The fourth-order valence-electron chi connectivity index (χ4n) is 3.09. The van der Waals surface area contributed by atoms with Gasteiger partial charge in [0, 0.05) is 22.6 Å². The summed E-state index contributed by atoms with van der Waals surface area (Å²) >= 11 is 12.4. The van der Waals surface area contributed by atoms with Gasteiger partial charge in [-0.1, -0.05) is 43.1 Å². The average Bonchev–Trinajstić information content (AvgIpc) is 2.78. The van der Waals surface area contributed by atoms with Gasteiger partial charge >= 0.3 is 0 Å². The van der Waals surface area contributed by atoms with E-state index in [4.69, 9.17) is 32.7 Å². The molecule has 8 heteroatoms. The predicted octanol–water partition coefficient (Wildman–Crippen LogP) is 5.10. The maximum Gasteiger partial charge on any atom is 0.261 e. The Hall–Kier alpha value is -2.44. The lowest BCUT2D eigenvalue weighted by Crippen LogP contribution is -2.51. The molecule has 2 aromatic rings. The van der Waals surface area contributed by atoms with Crippen LogP contribution >= 0.6 is 23.2 Å². The highest BCUT2D eigenvalue weighted by molar-refractivity contribution is 6.35. The van der Waals surface area contributed by atoms with Crippen LogP contribution in [0.3, 0.4) is 0 Å². The van der Waals surface area contributed by atoms with Crippen molar-refractivity contribution in [2.75, 3.05) is 13.7 Å². The Labute approximate surface area is 199 Å². The van der Waals surface area contributed by atoms with Gasteiger partial charge in [0.25, 0.3) is 5.91 Å². The number of ether oxygens (including phenoxy) is 2. The van der Waals surface area contributed by atoms with Crippen LogP contribution in [0.1, 0.15) is 39.2 Å². The van der Waals surface area contributed by atoms with E-state index < -0.39 is 6.04 Å². The molecule has 0 saturated carbocycles. The topological polar surface area (TPSA) is 67.9 Å². The van der Waals surface area contributed by atoms with Crippen LogP contribution < -0.4 is 14.8 Å². The number of amides is 2. The summed E-state index contributed by atoms with van der Waals surface area (Å²) in [6.07, 6.45) is 1.24. The van der Waals surface area contributed by atoms with E-state index in [0.717, 1.165) is 6.42 Å². The molecule has 0 spiro atoms. The fraction of sp³-hybridized carbons (Fsp3) is 0.417. The molecule has 0 unspecified atom stereocenters. The van der Waals surface area contributed by atoms with Crippen molar-refractivity contribution < 1.29 is 19.1 Å². The highest BCUT2D eigenvalue weighted by atomic mass is 35.5. The maximum absolute atomic E-state index is 13.2. The number of carbonyl (C=O) groups is 2. The summed E-state index contributed by atoms with van der Waals surface area (Å²) < 4.78 is 10.8. The average molecular weight is 481 g/mol. The number of hydrogen-bond donors (Lipinski definition) is 1. The first-order valence-corrected chi connectivity index (χ1v) is 11.3. The third-order valence-electron chi connectivity index (χ3n) is 5.16. The second-order valence-corrected chi connectivity index (χ2v) is 8.31. The van der Waals surface area contributed by atoms with E-state index in [0.29, 0.717) is 33.5 Å². The van der Waals surface area contributed by atoms with Crippen molar-refractivity contribution in [3.63, 3.8) is 0 Å². The number of carbonyl (C=O) groups excluding carboxylic acids is 2. The van der Waals surface area contributed by atoms with Gasteiger partial charge in [0.2, 0.25) is 5.91 Å². The maximum atomic E-state index is 13.2. The minimum atomic E-state index is -0.664. The van der Waals surface area contributed by atoms with E-state index in [-0.39, 0.29) is 31.0 Å². The zero-order valence-electron chi connectivity index (χ0n) is 18.9. The second-order valence-electron chi connectivity index (χ2n) is 7.46. The highest BCUT2D eigenvalue weighted by Crippen LogP contribution is 2.24. The molecule has 0 heterocycles. The molecule has 2 aromatic carbocycles. The van der Waals surface area contributed by atoms with Gasteiger partial charge < -0.3 is 19.7 Å². The van der Waals surface area contributed by atoms with Gasteiger partial charge in [-0.25, -0.2) is 0 Å². The Kier molecular flexibility index (Phi) is 10.1. The van der Waals surface area contributed by atoms with E-state index in [1.165, 1.54) is 4.90 Å². The number of rotatable bonds is 11. The molecule has 0 radical (unpaired) electrons. The van der Waals surface area contributed by atoms with Crippen LogP contribution in [0.15, 0.2) is 42.5 Å². The highest BCUT2D eigenvalue weighted by Gasteiger charge is 2.30. The second kappa shape index (κ2) is 12.6. The molecule has 0 saturated heterocycles. The molecule has 2 rings (SSSR count). The van der Waals surface area contributed by atoms with Gasteiger partial charge in [-0.3, -0.25) is 9.59 Å². The molecule has 0 aromatic heterocycles. The quantitative estimate of drug-likeness (QED) is 0.485. The summed E-state index contributed by atoms with van der Waals surface area (Å²) in [6, 6.07) is 11.4. The number of halogens is 2. The molecular weight excluding hydrogens is 451 g/mol. The molecule has 32 heavy (non-hydrogen) atoms. The van der Waals surface area contributed by atoms with Crippen LogP contribution in [-0.4, -0.2) is 42.5 Å². The van der Waals surface area contributed by atoms with E-state index >= 15 is 0 Å². The van der Waals surface area contributed by atoms with Gasteiger partial charge in [-0.05, 0) is 61.7 Å². The Balaban J connectivity index is 2.23. The zero-order valence-corrected chi connectivity index (χ0v) is 20.4. The van der Waals surface area contributed by atoms with Crippen molar-refractivity contribution in [1.29, 1.82) is 0 Å². The lowest BCUT2D eigenvalue weighted by atomic mass is 10.1. The molecule has 6 nitrogen and oxygen atoms in total. The summed E-state index contributed by atoms with van der Waals surface area (Å²) in [4.78, 5) is 27.7. The molecule has 0 aliphatic rings. The number of nitrogens with zero attached hydrogens (tertiary/aromatic N) is 1. The first kappa shape index (κ1) is 25.8. The lowest BCUT2D eigenvalue weighted by molar-refractivity contribution is -0.143. The van der Waals surface area contributed by atoms with Crippen molar-refractivity contribution in [3.05, 3.63) is 58.1 Å². The van der Waals surface area contributed by atoms with E-state index in [9.17, 15) is 9.59 Å². The third kappa shape index (κ3) is 7.31. The van der Waals surface area contributed by atoms with E-state index in [2.05, 4.69) is 5.32 Å². The Morgan fingerprint density at radius 3 is 2.25 bits per heavy atom. The van der Waals surface area contributed by atoms with E-state index in [1.54, 1.807) is 49.6 Å².